The standard InChI is InChI=1S/C4H8.ClH3Si/c1-3-4-2;1-2/h3-4H,1-2H3;2H3. The molecule has 0 saturated carbocycles. The highest BCUT2D eigenvalue weighted by atomic mass is 35.6. The predicted molar refractivity (Wildman–Crippen MR) is 36.3 cm³/mol. The molecule has 0 aromatic heterocycles. The van der Waals surface area contributed by atoms with E-state index < -0.39 is 0 Å². The summed E-state index contributed by atoms with van der Waals surface area (Å²) in [7, 11) is 0.778. The van der Waals surface area contributed by atoms with Crippen LogP contribution in [0.4, 0.5) is 0 Å². The van der Waals surface area contributed by atoms with Gasteiger partial charge in [-0.3, -0.25) is 0 Å². The molecule has 0 aliphatic heterocycles. The molecule has 2 heteroatoms. The monoisotopic (exact) mass is 122 g/mol. The average molecular weight is 123 g/mol. The van der Waals surface area contributed by atoms with Gasteiger partial charge in [-0.15, -0.1) is 0 Å². The molecule has 0 fully saturated rings. The van der Waals surface area contributed by atoms with Crippen LogP contribution in [0.1, 0.15) is 13.8 Å². The Hall–Kier alpha value is 0.247. The van der Waals surface area contributed by atoms with Gasteiger partial charge in [0.1, 0.15) is 9.55 Å². The van der Waals surface area contributed by atoms with Gasteiger partial charge in [0.05, 0.1) is 0 Å². The Morgan fingerprint density at radius 2 is 1.33 bits per heavy atom. The molecular weight excluding hydrogens is 112 g/mol. The van der Waals surface area contributed by atoms with Crippen molar-refractivity contribution in [3.63, 3.8) is 0 Å². The summed E-state index contributed by atoms with van der Waals surface area (Å²) in [4.78, 5) is 0. The van der Waals surface area contributed by atoms with Gasteiger partial charge in [0.2, 0.25) is 0 Å². The molecule has 0 atom stereocenters. The van der Waals surface area contributed by atoms with Crippen molar-refractivity contribution in [2.75, 3.05) is 0 Å². The van der Waals surface area contributed by atoms with E-state index in [1.165, 1.54) is 0 Å². The SMILES string of the molecule is CC=CC.[SiH3]Cl. The van der Waals surface area contributed by atoms with Crippen molar-refractivity contribution in [2.45, 2.75) is 13.8 Å². The molecule has 0 bridgehead atoms. The molecule has 0 radical (unpaired) electrons. The zero-order chi connectivity index (χ0) is 5.41. The molecule has 38 valence electrons. The maximum absolute atomic E-state index is 4.78. The third-order valence-electron chi connectivity index (χ3n) is 0.333. The van der Waals surface area contributed by atoms with E-state index in [0.717, 1.165) is 9.55 Å². The van der Waals surface area contributed by atoms with E-state index in [-0.39, 0.29) is 0 Å². The normalized spacial score (nSPS) is 7.83. The fraction of sp³-hybridized carbons (Fsp3) is 0.500. The zero-order valence-electron chi connectivity index (χ0n) is 4.53. The number of hydrogen-bond donors (Lipinski definition) is 0. The summed E-state index contributed by atoms with van der Waals surface area (Å²) in [5.41, 5.74) is 0. The second-order valence-electron chi connectivity index (χ2n) is 0.667. The van der Waals surface area contributed by atoms with Crippen molar-refractivity contribution in [1.82, 2.24) is 0 Å². The topological polar surface area (TPSA) is 0 Å². The third kappa shape index (κ3) is 28.8. The molecule has 0 aromatic rings. The van der Waals surface area contributed by atoms with Crippen LogP contribution < -0.4 is 0 Å². The van der Waals surface area contributed by atoms with Crippen molar-refractivity contribution in [1.29, 1.82) is 0 Å². The minimum Gasteiger partial charge on any atom is -0.181 e. The summed E-state index contributed by atoms with van der Waals surface area (Å²) in [5.74, 6) is 0. The summed E-state index contributed by atoms with van der Waals surface area (Å²) in [5, 5.41) is 0. The first-order valence-corrected chi connectivity index (χ1v) is 4.89. The molecule has 0 aliphatic rings. The van der Waals surface area contributed by atoms with Crippen LogP contribution in [-0.4, -0.2) is 9.55 Å². The van der Waals surface area contributed by atoms with Crippen molar-refractivity contribution < 1.29 is 0 Å². The quantitative estimate of drug-likeness (QED) is 0.256. The van der Waals surface area contributed by atoms with Gasteiger partial charge in [0, 0.05) is 0 Å². The molecule has 0 amide bonds. The highest BCUT2D eigenvalue weighted by Crippen LogP contribution is 1.57. The average Bonchev–Trinajstić information content (AvgIpc) is 1.72. The molecule has 0 aromatic carbocycles. The molecule has 0 unspecified atom stereocenters. The van der Waals surface area contributed by atoms with E-state index in [1.54, 1.807) is 0 Å². The van der Waals surface area contributed by atoms with Crippen LogP contribution in [0.15, 0.2) is 12.2 Å². The molecule has 6 heavy (non-hydrogen) atoms. The summed E-state index contributed by atoms with van der Waals surface area (Å²) >= 11 is 4.78. The maximum Gasteiger partial charge on any atom is 0.109 e. The molecule has 0 heterocycles. The van der Waals surface area contributed by atoms with Crippen LogP contribution in [0.3, 0.4) is 0 Å². The molecule has 0 rings (SSSR count). The lowest BCUT2D eigenvalue weighted by molar-refractivity contribution is 1.64. The highest BCUT2D eigenvalue weighted by Gasteiger charge is 1.34. The van der Waals surface area contributed by atoms with Gasteiger partial charge >= 0.3 is 0 Å². The number of hydrogen-bond acceptors (Lipinski definition) is 0. The maximum atomic E-state index is 4.78. The van der Waals surface area contributed by atoms with Crippen molar-refractivity contribution >= 4 is 20.6 Å². The van der Waals surface area contributed by atoms with Gasteiger partial charge in [-0.25, -0.2) is 0 Å². The largest absolute Gasteiger partial charge is 0.181 e. The summed E-state index contributed by atoms with van der Waals surface area (Å²) in [6, 6.07) is 0. The Labute approximate surface area is 47.3 Å². The summed E-state index contributed by atoms with van der Waals surface area (Å²) in [6.07, 6.45) is 4.00. The first-order chi connectivity index (χ1) is 2.91. The van der Waals surface area contributed by atoms with Crippen LogP contribution in [0.5, 0.6) is 0 Å². The minimum atomic E-state index is 0.778. The van der Waals surface area contributed by atoms with Crippen molar-refractivity contribution in [3.05, 3.63) is 12.2 Å². The molecule has 0 spiro atoms. The van der Waals surface area contributed by atoms with E-state index in [4.69, 9.17) is 11.1 Å². The molecule has 0 N–H and O–H groups in total. The van der Waals surface area contributed by atoms with Gasteiger partial charge in [0.25, 0.3) is 0 Å². The fourth-order valence-electron chi connectivity index (χ4n) is 0. The van der Waals surface area contributed by atoms with E-state index in [0.29, 0.717) is 0 Å². The molecular formula is C4H11ClSi. The van der Waals surface area contributed by atoms with Crippen LogP contribution in [0.2, 0.25) is 0 Å². The van der Waals surface area contributed by atoms with Crippen LogP contribution in [0, 0.1) is 0 Å². The Morgan fingerprint density at radius 1 is 1.17 bits per heavy atom. The number of halogens is 1. The Balaban J connectivity index is 0. The van der Waals surface area contributed by atoms with Crippen LogP contribution in [-0.2, 0) is 0 Å². The molecule has 0 saturated heterocycles. The lowest BCUT2D eigenvalue weighted by Gasteiger charge is -1.49. The Kier molecular flexibility index (Phi) is 29.8. The second kappa shape index (κ2) is 18.7. The third-order valence-corrected chi connectivity index (χ3v) is 0.333. The van der Waals surface area contributed by atoms with Gasteiger partial charge in [-0.2, -0.15) is 11.1 Å². The first-order valence-electron chi connectivity index (χ1n) is 1.87. The van der Waals surface area contributed by atoms with E-state index >= 15 is 0 Å². The van der Waals surface area contributed by atoms with Gasteiger partial charge in [-0.05, 0) is 13.8 Å². The fourth-order valence-corrected chi connectivity index (χ4v) is 0. The van der Waals surface area contributed by atoms with Crippen LogP contribution in [0.25, 0.3) is 0 Å². The van der Waals surface area contributed by atoms with Gasteiger partial charge in [0.15, 0.2) is 0 Å². The second-order valence-corrected chi connectivity index (χ2v) is 0.667. The van der Waals surface area contributed by atoms with E-state index in [1.807, 2.05) is 26.0 Å². The van der Waals surface area contributed by atoms with Crippen molar-refractivity contribution in [2.24, 2.45) is 0 Å². The predicted octanol–water partition coefficient (Wildman–Crippen LogP) is 1.09. The lowest BCUT2D eigenvalue weighted by atomic mass is 10.6. The smallest absolute Gasteiger partial charge is 0.109 e. The molecule has 0 aliphatic carbocycles. The lowest BCUT2D eigenvalue weighted by Crippen LogP contribution is -1.26. The Bertz CT molecular complexity index is 22.7. The minimum absolute atomic E-state index is 0.778. The number of rotatable bonds is 0. The van der Waals surface area contributed by atoms with E-state index in [9.17, 15) is 0 Å². The Morgan fingerprint density at radius 3 is 1.33 bits per heavy atom. The van der Waals surface area contributed by atoms with Crippen LogP contribution >= 0.6 is 11.1 Å². The number of allylic oxidation sites excluding steroid dienone is 2. The van der Waals surface area contributed by atoms with Crippen molar-refractivity contribution in [3.8, 4) is 0 Å². The zero-order valence-corrected chi connectivity index (χ0v) is 7.29. The summed E-state index contributed by atoms with van der Waals surface area (Å²) < 4.78 is 0. The van der Waals surface area contributed by atoms with Gasteiger partial charge in [-0.1, -0.05) is 12.2 Å². The van der Waals surface area contributed by atoms with Gasteiger partial charge < -0.3 is 0 Å². The highest BCUT2D eigenvalue weighted by molar-refractivity contribution is 6.80. The summed E-state index contributed by atoms with van der Waals surface area (Å²) in [6.45, 7) is 4.00. The van der Waals surface area contributed by atoms with E-state index in [2.05, 4.69) is 0 Å². The first kappa shape index (κ1) is 9.54. The molecule has 0 nitrogen and oxygen atoms in total.